The third-order valence-corrected chi connectivity index (χ3v) is 1.59. The molecule has 0 aromatic carbocycles. The van der Waals surface area contributed by atoms with Gasteiger partial charge < -0.3 is 10.3 Å². The van der Waals surface area contributed by atoms with Crippen molar-refractivity contribution in [1.29, 1.82) is 0 Å². The summed E-state index contributed by atoms with van der Waals surface area (Å²) < 4.78 is 0. The number of H-pyrrole nitrogens is 1. The highest BCUT2D eigenvalue weighted by molar-refractivity contribution is 6.30. The zero-order chi connectivity index (χ0) is 7.56. The number of halogens is 1. The second-order valence-corrected chi connectivity index (χ2v) is 2.49. The molecule has 0 aliphatic heterocycles. The van der Waals surface area contributed by atoms with E-state index in [2.05, 4.69) is 15.3 Å². The summed E-state index contributed by atoms with van der Waals surface area (Å²) in [7, 11) is 1.87. The zero-order valence-corrected chi connectivity index (χ0v) is 6.79. The van der Waals surface area contributed by atoms with Crippen LogP contribution < -0.4 is 5.32 Å². The molecule has 4 heteroatoms. The Morgan fingerprint density at radius 3 is 2.80 bits per heavy atom. The van der Waals surface area contributed by atoms with Crippen LogP contribution in [0.15, 0.2) is 0 Å². The minimum Gasteiger partial charge on any atom is -0.344 e. The number of rotatable bonds is 2. The monoisotopic (exact) mass is 159 g/mol. The summed E-state index contributed by atoms with van der Waals surface area (Å²) in [5.74, 6) is 0.880. The number of aryl methyl sites for hydroxylation is 1. The number of aromatic nitrogens is 2. The zero-order valence-electron chi connectivity index (χ0n) is 6.03. The van der Waals surface area contributed by atoms with Crippen LogP contribution in [0, 0.1) is 6.92 Å². The third kappa shape index (κ3) is 1.49. The SMILES string of the molecule is CNCc1nc(Cl)c(C)[nH]1. The maximum Gasteiger partial charge on any atom is 0.150 e. The molecule has 0 fully saturated rings. The molecule has 0 atom stereocenters. The Morgan fingerprint density at radius 1 is 1.70 bits per heavy atom. The van der Waals surface area contributed by atoms with Crippen LogP contribution in [0.1, 0.15) is 11.5 Å². The van der Waals surface area contributed by atoms with Crippen LogP contribution >= 0.6 is 11.6 Å². The average Bonchev–Trinajstić information content (AvgIpc) is 2.14. The smallest absolute Gasteiger partial charge is 0.150 e. The molecule has 0 bridgehead atoms. The van der Waals surface area contributed by atoms with Crippen LogP contribution in [0.3, 0.4) is 0 Å². The van der Waals surface area contributed by atoms with E-state index in [0.717, 1.165) is 18.1 Å². The maximum atomic E-state index is 5.69. The molecule has 1 aromatic heterocycles. The van der Waals surface area contributed by atoms with Crippen molar-refractivity contribution in [3.63, 3.8) is 0 Å². The summed E-state index contributed by atoms with van der Waals surface area (Å²) in [5, 5.41) is 3.53. The van der Waals surface area contributed by atoms with Crippen molar-refractivity contribution in [3.05, 3.63) is 16.7 Å². The molecule has 0 aliphatic carbocycles. The molecule has 3 nitrogen and oxygen atoms in total. The van der Waals surface area contributed by atoms with Gasteiger partial charge in [0.2, 0.25) is 0 Å². The molecule has 56 valence electrons. The average molecular weight is 160 g/mol. The number of hydrogen-bond acceptors (Lipinski definition) is 2. The number of aromatic amines is 1. The van der Waals surface area contributed by atoms with Gasteiger partial charge >= 0.3 is 0 Å². The lowest BCUT2D eigenvalue weighted by atomic mass is 10.6. The number of nitrogens with one attached hydrogen (secondary N) is 2. The van der Waals surface area contributed by atoms with Crippen molar-refractivity contribution in [2.75, 3.05) is 7.05 Å². The third-order valence-electron chi connectivity index (χ3n) is 1.22. The van der Waals surface area contributed by atoms with E-state index in [1.807, 2.05) is 14.0 Å². The van der Waals surface area contributed by atoms with Crippen LogP contribution in [0.5, 0.6) is 0 Å². The first-order chi connectivity index (χ1) is 4.74. The van der Waals surface area contributed by atoms with Gasteiger partial charge in [0, 0.05) is 0 Å². The van der Waals surface area contributed by atoms with Gasteiger partial charge in [-0.3, -0.25) is 0 Å². The van der Waals surface area contributed by atoms with E-state index in [1.54, 1.807) is 0 Å². The van der Waals surface area contributed by atoms with Crippen LogP contribution in [0.4, 0.5) is 0 Å². The second-order valence-electron chi connectivity index (χ2n) is 2.13. The Labute approximate surface area is 64.8 Å². The first kappa shape index (κ1) is 7.57. The molecule has 2 N–H and O–H groups in total. The topological polar surface area (TPSA) is 40.7 Å². The fourth-order valence-corrected chi connectivity index (χ4v) is 0.899. The van der Waals surface area contributed by atoms with Gasteiger partial charge in [-0.2, -0.15) is 0 Å². The largest absolute Gasteiger partial charge is 0.344 e. The highest BCUT2D eigenvalue weighted by Gasteiger charge is 2.00. The van der Waals surface area contributed by atoms with Crippen LogP contribution in [-0.2, 0) is 6.54 Å². The van der Waals surface area contributed by atoms with E-state index < -0.39 is 0 Å². The first-order valence-electron chi connectivity index (χ1n) is 3.09. The standard InChI is InChI=1S/C6H10ClN3/c1-4-6(7)10-5(9-4)3-8-2/h8H,3H2,1-2H3,(H,9,10). The quantitative estimate of drug-likeness (QED) is 0.679. The van der Waals surface area contributed by atoms with Crippen molar-refractivity contribution < 1.29 is 0 Å². The maximum absolute atomic E-state index is 5.69. The molecule has 1 heterocycles. The molecule has 1 rings (SSSR count). The first-order valence-corrected chi connectivity index (χ1v) is 3.47. The Bertz CT molecular complexity index is 199. The van der Waals surface area contributed by atoms with Crippen LogP contribution in [-0.4, -0.2) is 17.0 Å². The second kappa shape index (κ2) is 3.03. The minimum atomic E-state index is 0.560. The van der Waals surface area contributed by atoms with Crippen molar-refractivity contribution in [2.24, 2.45) is 0 Å². The number of imidazole rings is 1. The van der Waals surface area contributed by atoms with Gasteiger partial charge in [0.1, 0.15) is 11.0 Å². The Morgan fingerprint density at radius 2 is 2.40 bits per heavy atom. The molecule has 0 radical (unpaired) electrons. The predicted octanol–water partition coefficient (Wildman–Crippen LogP) is 1.09. The summed E-state index contributed by atoms with van der Waals surface area (Å²) in [6.45, 7) is 2.63. The minimum absolute atomic E-state index is 0.560. The normalized spacial score (nSPS) is 10.3. The summed E-state index contributed by atoms with van der Waals surface area (Å²) in [5.41, 5.74) is 0.923. The van der Waals surface area contributed by atoms with E-state index in [1.165, 1.54) is 0 Å². The predicted molar refractivity (Wildman–Crippen MR) is 41.1 cm³/mol. The van der Waals surface area contributed by atoms with Crippen molar-refractivity contribution in [2.45, 2.75) is 13.5 Å². The number of nitrogens with zero attached hydrogens (tertiary/aromatic N) is 1. The molecular formula is C6H10ClN3. The van der Waals surface area contributed by atoms with Gasteiger partial charge in [0.25, 0.3) is 0 Å². The van der Waals surface area contributed by atoms with Crippen molar-refractivity contribution in [3.8, 4) is 0 Å². The van der Waals surface area contributed by atoms with Gasteiger partial charge in [-0.1, -0.05) is 11.6 Å². The van der Waals surface area contributed by atoms with Gasteiger partial charge in [0.05, 0.1) is 12.2 Å². The molecule has 10 heavy (non-hydrogen) atoms. The summed E-state index contributed by atoms with van der Waals surface area (Å²) in [6, 6.07) is 0. The van der Waals surface area contributed by atoms with E-state index >= 15 is 0 Å². The fraction of sp³-hybridized carbons (Fsp3) is 0.500. The lowest BCUT2D eigenvalue weighted by molar-refractivity contribution is 0.770. The summed E-state index contributed by atoms with van der Waals surface area (Å²) in [4.78, 5) is 7.09. The lowest BCUT2D eigenvalue weighted by Crippen LogP contribution is -2.06. The van der Waals surface area contributed by atoms with Gasteiger partial charge in [-0.15, -0.1) is 0 Å². The van der Waals surface area contributed by atoms with E-state index in [4.69, 9.17) is 11.6 Å². The van der Waals surface area contributed by atoms with E-state index in [0.29, 0.717) is 5.15 Å². The molecule has 0 aliphatic rings. The molecule has 0 saturated heterocycles. The Hall–Kier alpha value is -0.540. The fourth-order valence-electron chi connectivity index (χ4n) is 0.749. The van der Waals surface area contributed by atoms with Gasteiger partial charge in [0.15, 0.2) is 0 Å². The molecule has 1 aromatic rings. The number of hydrogen-bond donors (Lipinski definition) is 2. The lowest BCUT2D eigenvalue weighted by Gasteiger charge is -1.90. The molecule has 0 amide bonds. The van der Waals surface area contributed by atoms with Crippen LogP contribution in [0.25, 0.3) is 0 Å². The van der Waals surface area contributed by atoms with Crippen LogP contribution in [0.2, 0.25) is 5.15 Å². The molecule has 0 saturated carbocycles. The molecule has 0 spiro atoms. The Kier molecular flexibility index (Phi) is 2.29. The van der Waals surface area contributed by atoms with E-state index in [9.17, 15) is 0 Å². The van der Waals surface area contributed by atoms with Crippen molar-refractivity contribution in [1.82, 2.24) is 15.3 Å². The van der Waals surface area contributed by atoms with Gasteiger partial charge in [-0.05, 0) is 14.0 Å². The Balaban J connectivity index is 2.77. The highest BCUT2D eigenvalue weighted by Crippen LogP contribution is 2.09. The van der Waals surface area contributed by atoms with Gasteiger partial charge in [-0.25, -0.2) is 4.98 Å². The van der Waals surface area contributed by atoms with Crippen molar-refractivity contribution >= 4 is 11.6 Å². The molecular weight excluding hydrogens is 150 g/mol. The highest BCUT2D eigenvalue weighted by atomic mass is 35.5. The van der Waals surface area contributed by atoms with E-state index in [-0.39, 0.29) is 0 Å². The summed E-state index contributed by atoms with van der Waals surface area (Å²) >= 11 is 5.69. The summed E-state index contributed by atoms with van der Waals surface area (Å²) in [6.07, 6.45) is 0. The molecule has 0 unspecified atom stereocenters.